The van der Waals surface area contributed by atoms with E-state index in [1.54, 1.807) is 12.3 Å². The van der Waals surface area contributed by atoms with Crippen LogP contribution in [0.15, 0.2) is 60.8 Å². The molecule has 0 spiro atoms. The minimum atomic E-state index is -0.329. The van der Waals surface area contributed by atoms with Gasteiger partial charge in [-0.15, -0.1) is 0 Å². The summed E-state index contributed by atoms with van der Waals surface area (Å²) in [6, 6.07) is 14.6. The van der Waals surface area contributed by atoms with Crippen LogP contribution in [0.4, 0.5) is 4.39 Å². The molecule has 0 bridgehead atoms. The molecule has 0 fully saturated rings. The molecule has 30 heavy (non-hydrogen) atoms. The Hall–Kier alpha value is -2.90. The van der Waals surface area contributed by atoms with Gasteiger partial charge in [-0.2, -0.15) is 5.10 Å². The van der Waals surface area contributed by atoms with Gasteiger partial charge < -0.3 is 15.0 Å². The first-order valence-electron chi connectivity index (χ1n) is 9.53. The van der Waals surface area contributed by atoms with Crippen LogP contribution in [-0.2, 0) is 6.73 Å². The Morgan fingerprint density at radius 2 is 1.87 bits per heavy atom. The van der Waals surface area contributed by atoms with E-state index in [1.165, 1.54) is 28.9 Å². The van der Waals surface area contributed by atoms with Crippen LogP contribution in [-0.4, -0.2) is 41.2 Å². The molecule has 1 N–H and O–H groups in total. The molecule has 0 aliphatic rings. The Morgan fingerprint density at radius 3 is 2.53 bits per heavy atom. The molecule has 1 amide bonds. The fourth-order valence-corrected chi connectivity index (χ4v) is 2.99. The van der Waals surface area contributed by atoms with E-state index in [2.05, 4.69) is 15.3 Å². The van der Waals surface area contributed by atoms with E-state index >= 15 is 0 Å². The van der Waals surface area contributed by atoms with Gasteiger partial charge in [0.15, 0.2) is 6.73 Å². The highest BCUT2D eigenvalue weighted by Crippen LogP contribution is 2.20. The maximum Gasteiger partial charge on any atom is 0.272 e. The number of halogens is 2. The zero-order valence-electron chi connectivity index (χ0n) is 16.9. The SMILES string of the molecule is CN(C)CCC(NC(=O)c1ccn(COc2ccc(F)cc2)n1)c1ccc(Cl)cc1. The summed E-state index contributed by atoms with van der Waals surface area (Å²) in [5, 5.41) is 7.97. The van der Waals surface area contributed by atoms with E-state index in [9.17, 15) is 9.18 Å². The minimum Gasteiger partial charge on any atom is -0.471 e. The van der Waals surface area contributed by atoms with Crippen LogP contribution in [0.5, 0.6) is 5.75 Å². The number of carbonyl (C=O) groups excluding carboxylic acids is 1. The fourth-order valence-electron chi connectivity index (χ4n) is 2.86. The van der Waals surface area contributed by atoms with Crippen molar-refractivity contribution in [1.82, 2.24) is 20.0 Å². The highest BCUT2D eigenvalue weighted by Gasteiger charge is 2.18. The smallest absolute Gasteiger partial charge is 0.272 e. The molecule has 0 saturated heterocycles. The number of rotatable bonds is 9. The first-order valence-corrected chi connectivity index (χ1v) is 9.91. The quantitative estimate of drug-likeness (QED) is 0.554. The van der Waals surface area contributed by atoms with Crippen molar-refractivity contribution in [1.29, 1.82) is 0 Å². The number of aromatic nitrogens is 2. The molecule has 2 aromatic carbocycles. The predicted octanol–water partition coefficient (Wildman–Crippen LogP) is 4.13. The summed E-state index contributed by atoms with van der Waals surface area (Å²) in [6.45, 7) is 0.924. The topological polar surface area (TPSA) is 59.4 Å². The average molecular weight is 431 g/mol. The van der Waals surface area contributed by atoms with E-state index in [0.29, 0.717) is 16.5 Å². The number of carbonyl (C=O) groups is 1. The average Bonchev–Trinajstić information content (AvgIpc) is 3.20. The highest BCUT2D eigenvalue weighted by atomic mass is 35.5. The number of nitrogens with zero attached hydrogens (tertiary/aromatic N) is 3. The van der Waals surface area contributed by atoms with E-state index in [1.807, 2.05) is 38.4 Å². The molecule has 8 heteroatoms. The summed E-state index contributed by atoms with van der Waals surface area (Å²) in [5.41, 5.74) is 1.27. The van der Waals surface area contributed by atoms with Crippen molar-refractivity contribution in [3.8, 4) is 5.75 Å². The molecule has 6 nitrogen and oxygen atoms in total. The largest absolute Gasteiger partial charge is 0.471 e. The van der Waals surface area contributed by atoms with Crippen LogP contribution in [0, 0.1) is 5.82 Å². The first-order chi connectivity index (χ1) is 14.4. The zero-order valence-corrected chi connectivity index (χ0v) is 17.6. The van der Waals surface area contributed by atoms with Crippen LogP contribution in [0.3, 0.4) is 0 Å². The van der Waals surface area contributed by atoms with Gasteiger partial charge in [0.1, 0.15) is 17.3 Å². The summed E-state index contributed by atoms with van der Waals surface area (Å²) in [7, 11) is 3.98. The van der Waals surface area contributed by atoms with Gasteiger partial charge in [0.05, 0.1) is 6.04 Å². The molecule has 3 aromatic rings. The van der Waals surface area contributed by atoms with Crippen molar-refractivity contribution < 1.29 is 13.9 Å². The van der Waals surface area contributed by atoms with E-state index < -0.39 is 0 Å². The van der Waals surface area contributed by atoms with Crippen LogP contribution in [0.1, 0.15) is 28.5 Å². The van der Waals surface area contributed by atoms with Crippen LogP contribution < -0.4 is 10.1 Å². The Labute approximate surface area is 180 Å². The molecule has 158 valence electrons. The lowest BCUT2D eigenvalue weighted by Crippen LogP contribution is -2.31. The van der Waals surface area contributed by atoms with Gasteiger partial charge in [-0.3, -0.25) is 4.79 Å². The molecule has 1 atom stereocenters. The minimum absolute atomic E-state index is 0.111. The van der Waals surface area contributed by atoms with Crippen LogP contribution in [0.25, 0.3) is 0 Å². The van der Waals surface area contributed by atoms with Gasteiger partial charge in [-0.25, -0.2) is 9.07 Å². The van der Waals surface area contributed by atoms with Gasteiger partial charge in [0.2, 0.25) is 0 Å². The second kappa shape index (κ2) is 10.2. The lowest BCUT2D eigenvalue weighted by molar-refractivity contribution is 0.0925. The number of hydrogen-bond donors (Lipinski definition) is 1. The number of nitrogens with one attached hydrogen (secondary N) is 1. The number of ether oxygens (including phenoxy) is 1. The monoisotopic (exact) mass is 430 g/mol. The third kappa shape index (κ3) is 6.30. The Balaban J connectivity index is 1.63. The van der Waals surface area contributed by atoms with Crippen molar-refractivity contribution in [2.24, 2.45) is 0 Å². The number of hydrogen-bond acceptors (Lipinski definition) is 4. The van der Waals surface area contributed by atoms with Gasteiger partial charge in [-0.1, -0.05) is 23.7 Å². The lowest BCUT2D eigenvalue weighted by atomic mass is 10.0. The number of benzene rings is 2. The van der Waals surface area contributed by atoms with Crippen molar-refractivity contribution in [3.63, 3.8) is 0 Å². The fraction of sp³-hybridized carbons (Fsp3) is 0.273. The molecule has 1 aromatic heterocycles. The lowest BCUT2D eigenvalue weighted by Gasteiger charge is -2.21. The zero-order chi connectivity index (χ0) is 21.5. The highest BCUT2D eigenvalue weighted by molar-refractivity contribution is 6.30. The van der Waals surface area contributed by atoms with Crippen LogP contribution in [0.2, 0.25) is 5.02 Å². The summed E-state index contributed by atoms with van der Waals surface area (Å²) in [5.74, 6) is -0.0801. The van der Waals surface area contributed by atoms with Crippen molar-refractivity contribution >= 4 is 17.5 Å². The van der Waals surface area contributed by atoms with Crippen molar-refractivity contribution in [2.75, 3.05) is 20.6 Å². The van der Waals surface area contributed by atoms with Crippen LogP contribution >= 0.6 is 11.6 Å². The van der Waals surface area contributed by atoms with Gasteiger partial charge in [0.25, 0.3) is 5.91 Å². The summed E-state index contributed by atoms with van der Waals surface area (Å²) >= 11 is 5.99. The Morgan fingerprint density at radius 1 is 1.17 bits per heavy atom. The van der Waals surface area contributed by atoms with E-state index in [-0.39, 0.29) is 24.5 Å². The van der Waals surface area contributed by atoms with Crippen molar-refractivity contribution in [2.45, 2.75) is 19.2 Å². The molecule has 0 radical (unpaired) electrons. The molecular formula is C22H24ClFN4O2. The normalized spacial score (nSPS) is 12.0. The summed E-state index contributed by atoms with van der Waals surface area (Å²) in [6.07, 6.45) is 2.41. The van der Waals surface area contributed by atoms with Gasteiger partial charge in [-0.05, 0) is 75.1 Å². The van der Waals surface area contributed by atoms with E-state index in [4.69, 9.17) is 16.3 Å². The molecular weight excluding hydrogens is 407 g/mol. The summed E-state index contributed by atoms with van der Waals surface area (Å²) in [4.78, 5) is 14.8. The molecule has 0 aliphatic heterocycles. The second-order valence-corrected chi connectivity index (χ2v) is 7.57. The van der Waals surface area contributed by atoms with Gasteiger partial charge in [0, 0.05) is 11.2 Å². The molecule has 3 rings (SSSR count). The number of amides is 1. The van der Waals surface area contributed by atoms with Crippen molar-refractivity contribution in [3.05, 3.63) is 82.9 Å². The summed E-state index contributed by atoms with van der Waals surface area (Å²) < 4.78 is 20.0. The van der Waals surface area contributed by atoms with Gasteiger partial charge >= 0.3 is 0 Å². The van der Waals surface area contributed by atoms with E-state index in [0.717, 1.165) is 18.5 Å². The predicted molar refractivity (Wildman–Crippen MR) is 114 cm³/mol. The second-order valence-electron chi connectivity index (χ2n) is 7.14. The standard InChI is InChI=1S/C22H24ClFN4O2/c1-27(2)13-11-20(16-3-5-17(23)6-4-16)25-22(29)21-12-14-28(26-21)15-30-19-9-7-18(24)8-10-19/h3-10,12,14,20H,11,13,15H2,1-2H3,(H,25,29). The molecule has 0 aliphatic carbocycles. The maximum absolute atomic E-state index is 13.0. The molecule has 1 unspecified atom stereocenters. The third-order valence-corrected chi connectivity index (χ3v) is 4.75. The maximum atomic E-state index is 13.0. The third-order valence-electron chi connectivity index (χ3n) is 4.49. The molecule has 1 heterocycles. The Bertz CT molecular complexity index is 958. The Kier molecular flexibility index (Phi) is 7.43. The molecule has 0 saturated carbocycles. The first kappa shape index (κ1) is 21.8.